The normalized spacial score (nSPS) is 19.4. The van der Waals surface area contributed by atoms with Gasteiger partial charge in [-0.15, -0.1) is 0 Å². The number of aromatic nitrogens is 2. The zero-order valence-corrected chi connectivity index (χ0v) is 20.4. The lowest BCUT2D eigenvalue weighted by Gasteiger charge is -2.33. The highest BCUT2D eigenvalue weighted by Gasteiger charge is 2.38. The van der Waals surface area contributed by atoms with Crippen LogP contribution in [-0.4, -0.2) is 41.0 Å². The second-order valence-electron chi connectivity index (χ2n) is 10.5. The number of carbonyl (C=O) groups excluding carboxylic acids is 1. The SMILES string of the molecule is CN(C)C(N)=NC(C)(c1ccc2cnn(CC3CCC3)c2c1)C(C=O)c1ccc(C2CC2)cc1. The second-order valence-corrected chi connectivity index (χ2v) is 10.5. The molecule has 2 unspecified atom stereocenters. The van der Waals surface area contributed by atoms with Crippen LogP contribution in [0, 0.1) is 5.92 Å². The van der Waals surface area contributed by atoms with Gasteiger partial charge in [-0.2, -0.15) is 5.10 Å². The molecule has 178 valence electrons. The molecule has 5 rings (SSSR count). The van der Waals surface area contributed by atoms with Crippen LogP contribution in [0.25, 0.3) is 10.9 Å². The van der Waals surface area contributed by atoms with Crippen molar-refractivity contribution >= 4 is 23.1 Å². The first-order chi connectivity index (χ1) is 16.4. The number of aldehydes is 1. The second kappa shape index (κ2) is 8.90. The topological polar surface area (TPSA) is 76.5 Å². The number of guanidine groups is 1. The molecule has 1 heterocycles. The summed E-state index contributed by atoms with van der Waals surface area (Å²) in [5.74, 6) is 1.30. The fraction of sp³-hybridized carbons (Fsp3) is 0.464. The van der Waals surface area contributed by atoms with Crippen molar-refractivity contribution in [3.8, 4) is 0 Å². The molecule has 0 bridgehead atoms. The van der Waals surface area contributed by atoms with Crippen LogP contribution in [0.3, 0.4) is 0 Å². The first kappa shape index (κ1) is 22.6. The molecule has 2 aromatic carbocycles. The Bertz CT molecular complexity index is 1200. The van der Waals surface area contributed by atoms with Gasteiger partial charge in [0.1, 0.15) is 11.8 Å². The molecule has 0 spiro atoms. The van der Waals surface area contributed by atoms with Gasteiger partial charge < -0.3 is 15.4 Å². The minimum absolute atomic E-state index is 0.395. The number of carbonyl (C=O) groups is 1. The van der Waals surface area contributed by atoms with Crippen molar-refractivity contribution in [2.75, 3.05) is 14.1 Å². The van der Waals surface area contributed by atoms with Crippen LogP contribution in [0.15, 0.2) is 53.7 Å². The van der Waals surface area contributed by atoms with Crippen LogP contribution in [0.2, 0.25) is 0 Å². The van der Waals surface area contributed by atoms with E-state index in [4.69, 9.17) is 10.7 Å². The van der Waals surface area contributed by atoms with Crippen molar-refractivity contribution in [1.29, 1.82) is 0 Å². The lowest BCUT2D eigenvalue weighted by molar-refractivity contribution is -0.110. The van der Waals surface area contributed by atoms with Gasteiger partial charge >= 0.3 is 0 Å². The Morgan fingerprint density at radius 3 is 2.53 bits per heavy atom. The highest BCUT2D eigenvalue weighted by Crippen LogP contribution is 2.43. The fourth-order valence-electron chi connectivity index (χ4n) is 5.03. The van der Waals surface area contributed by atoms with E-state index in [1.807, 2.05) is 27.2 Å². The Balaban J connectivity index is 1.59. The molecule has 34 heavy (non-hydrogen) atoms. The molecule has 1 aromatic heterocycles. The van der Waals surface area contributed by atoms with Gasteiger partial charge in [0.05, 0.1) is 17.6 Å². The number of nitrogens with zero attached hydrogens (tertiary/aromatic N) is 4. The minimum Gasteiger partial charge on any atom is -0.370 e. The van der Waals surface area contributed by atoms with E-state index in [2.05, 4.69) is 52.2 Å². The molecule has 2 atom stereocenters. The lowest BCUT2D eigenvalue weighted by Crippen LogP contribution is -2.37. The Labute approximate surface area is 201 Å². The molecule has 0 saturated heterocycles. The Morgan fingerprint density at radius 2 is 1.94 bits per heavy atom. The van der Waals surface area contributed by atoms with Gasteiger partial charge in [0.15, 0.2) is 5.96 Å². The number of aliphatic imine (C=N–C) groups is 1. The van der Waals surface area contributed by atoms with Gasteiger partial charge in [-0.05, 0) is 67.2 Å². The first-order valence-electron chi connectivity index (χ1n) is 12.4. The van der Waals surface area contributed by atoms with Gasteiger partial charge in [-0.25, -0.2) is 4.99 Å². The summed E-state index contributed by atoms with van der Waals surface area (Å²) >= 11 is 0. The molecule has 2 N–H and O–H groups in total. The summed E-state index contributed by atoms with van der Waals surface area (Å²) in [6.45, 7) is 2.96. The van der Waals surface area contributed by atoms with Crippen LogP contribution in [0.4, 0.5) is 0 Å². The third-order valence-corrected chi connectivity index (χ3v) is 7.78. The summed E-state index contributed by atoms with van der Waals surface area (Å²) in [5.41, 5.74) is 9.84. The molecule has 0 radical (unpaired) electrons. The van der Waals surface area contributed by atoms with E-state index in [-0.39, 0.29) is 0 Å². The number of fused-ring (bicyclic) bond motifs is 1. The molecule has 2 fully saturated rings. The van der Waals surface area contributed by atoms with Crippen LogP contribution in [0.1, 0.15) is 67.6 Å². The largest absolute Gasteiger partial charge is 0.370 e. The van der Waals surface area contributed by atoms with Gasteiger partial charge in [-0.3, -0.25) is 4.68 Å². The van der Waals surface area contributed by atoms with E-state index in [0.717, 1.165) is 34.9 Å². The monoisotopic (exact) mass is 457 g/mol. The maximum Gasteiger partial charge on any atom is 0.191 e. The molecular formula is C28H35N5O. The van der Waals surface area contributed by atoms with E-state index >= 15 is 0 Å². The zero-order valence-electron chi connectivity index (χ0n) is 20.4. The van der Waals surface area contributed by atoms with Crippen molar-refractivity contribution in [2.45, 2.75) is 62.9 Å². The maximum absolute atomic E-state index is 12.6. The van der Waals surface area contributed by atoms with Crippen molar-refractivity contribution in [2.24, 2.45) is 16.6 Å². The van der Waals surface area contributed by atoms with E-state index in [9.17, 15) is 4.79 Å². The third-order valence-electron chi connectivity index (χ3n) is 7.78. The Morgan fingerprint density at radius 1 is 1.21 bits per heavy atom. The summed E-state index contributed by atoms with van der Waals surface area (Å²) in [5, 5.41) is 5.77. The average Bonchev–Trinajstić information content (AvgIpc) is 3.57. The van der Waals surface area contributed by atoms with Gasteiger partial charge in [0, 0.05) is 26.0 Å². The highest BCUT2D eigenvalue weighted by atomic mass is 16.1. The van der Waals surface area contributed by atoms with Crippen LogP contribution >= 0.6 is 0 Å². The summed E-state index contributed by atoms with van der Waals surface area (Å²) < 4.78 is 2.11. The van der Waals surface area contributed by atoms with Crippen LogP contribution in [-0.2, 0) is 16.9 Å². The predicted molar refractivity (Wildman–Crippen MR) is 137 cm³/mol. The standard InChI is InChI=1S/C28H35N5O/c1-28(31-27(29)32(2)3,25(18-34)22-11-9-21(10-12-22)20-7-8-20)24-14-13-23-16-30-33(26(23)15-24)17-19-5-4-6-19/h9-16,18-20,25H,4-8,17H2,1-3H3,(H2,29,31). The number of hydrogen-bond acceptors (Lipinski definition) is 3. The molecule has 2 saturated carbocycles. The maximum atomic E-state index is 12.6. The van der Waals surface area contributed by atoms with Gasteiger partial charge in [0.2, 0.25) is 0 Å². The molecule has 0 aliphatic heterocycles. The average molecular weight is 458 g/mol. The van der Waals surface area contributed by atoms with E-state index in [1.165, 1.54) is 37.7 Å². The molecule has 3 aromatic rings. The molecule has 2 aliphatic rings. The lowest BCUT2D eigenvalue weighted by atomic mass is 9.76. The van der Waals surface area contributed by atoms with Crippen molar-refractivity contribution in [3.05, 3.63) is 65.4 Å². The van der Waals surface area contributed by atoms with E-state index in [1.54, 1.807) is 4.90 Å². The predicted octanol–water partition coefficient (Wildman–Crippen LogP) is 4.79. The number of benzene rings is 2. The van der Waals surface area contributed by atoms with Crippen molar-refractivity contribution in [1.82, 2.24) is 14.7 Å². The van der Waals surface area contributed by atoms with Crippen molar-refractivity contribution in [3.63, 3.8) is 0 Å². The third kappa shape index (κ3) is 4.22. The Hall–Kier alpha value is -3.15. The minimum atomic E-state index is -0.864. The smallest absolute Gasteiger partial charge is 0.191 e. The summed E-state index contributed by atoms with van der Waals surface area (Å²) in [4.78, 5) is 19.4. The highest BCUT2D eigenvalue weighted by molar-refractivity contribution is 5.82. The molecule has 2 aliphatic carbocycles. The quantitative estimate of drug-likeness (QED) is 0.300. The molecule has 0 amide bonds. The molecule has 6 nitrogen and oxygen atoms in total. The van der Waals surface area contributed by atoms with Gasteiger partial charge in [0.25, 0.3) is 0 Å². The molecular weight excluding hydrogens is 422 g/mol. The van der Waals surface area contributed by atoms with Gasteiger partial charge in [-0.1, -0.05) is 42.8 Å². The Kier molecular flexibility index (Phi) is 5.92. The summed E-state index contributed by atoms with van der Waals surface area (Å²) in [6, 6.07) is 14.8. The summed E-state index contributed by atoms with van der Waals surface area (Å²) in [6.07, 6.45) is 9.32. The number of rotatable bonds is 8. The van der Waals surface area contributed by atoms with Crippen LogP contribution in [0.5, 0.6) is 0 Å². The van der Waals surface area contributed by atoms with Crippen LogP contribution < -0.4 is 5.73 Å². The summed E-state index contributed by atoms with van der Waals surface area (Å²) in [7, 11) is 3.74. The fourth-order valence-corrected chi connectivity index (χ4v) is 5.03. The zero-order chi connectivity index (χ0) is 23.9. The molecule has 6 heteroatoms. The van der Waals surface area contributed by atoms with E-state index in [0.29, 0.717) is 17.8 Å². The van der Waals surface area contributed by atoms with Crippen molar-refractivity contribution < 1.29 is 4.79 Å². The number of hydrogen-bond donors (Lipinski definition) is 1. The van der Waals surface area contributed by atoms with E-state index < -0.39 is 11.5 Å². The number of nitrogens with two attached hydrogens (primary N) is 1. The first-order valence-corrected chi connectivity index (χ1v) is 12.4.